The van der Waals surface area contributed by atoms with Gasteiger partial charge in [0.05, 0.1) is 5.69 Å². The Balaban J connectivity index is 2.03. The number of aryl methyl sites for hydroxylation is 2. The van der Waals surface area contributed by atoms with Crippen molar-refractivity contribution in [2.45, 2.75) is 40.0 Å². The van der Waals surface area contributed by atoms with E-state index >= 15 is 0 Å². The van der Waals surface area contributed by atoms with Gasteiger partial charge in [-0.3, -0.25) is 9.20 Å². The van der Waals surface area contributed by atoms with Crippen LogP contribution in [0.15, 0.2) is 18.3 Å². The molecule has 0 spiro atoms. The van der Waals surface area contributed by atoms with Crippen molar-refractivity contribution in [3.8, 4) is 0 Å². The number of carbonyl (C=O) groups excluding carboxylic acids is 1. The van der Waals surface area contributed by atoms with Crippen LogP contribution in [0.25, 0.3) is 5.65 Å². The topological polar surface area (TPSA) is 37.6 Å². The Labute approximate surface area is 125 Å². The third kappa shape index (κ3) is 2.55. The SMILES string of the molecule is CCc1nc2cc(C)ccn2c1C(=O)N1CCCC(C)C1. The van der Waals surface area contributed by atoms with Gasteiger partial charge in [-0.05, 0) is 49.8 Å². The molecule has 0 saturated carbocycles. The molecule has 1 aliphatic rings. The number of fused-ring (bicyclic) bond motifs is 1. The molecule has 0 bridgehead atoms. The van der Waals surface area contributed by atoms with Crippen molar-refractivity contribution >= 4 is 11.6 Å². The molecule has 4 heteroatoms. The average molecular weight is 285 g/mol. The van der Waals surface area contributed by atoms with E-state index < -0.39 is 0 Å². The van der Waals surface area contributed by atoms with Crippen molar-refractivity contribution in [1.29, 1.82) is 0 Å². The molecule has 0 aliphatic carbocycles. The molecule has 1 fully saturated rings. The fourth-order valence-corrected chi connectivity index (χ4v) is 3.19. The maximum atomic E-state index is 13.0. The molecule has 1 unspecified atom stereocenters. The van der Waals surface area contributed by atoms with Gasteiger partial charge in [0.15, 0.2) is 0 Å². The van der Waals surface area contributed by atoms with Gasteiger partial charge in [-0.25, -0.2) is 4.98 Å². The number of aromatic nitrogens is 2. The van der Waals surface area contributed by atoms with Crippen LogP contribution >= 0.6 is 0 Å². The zero-order valence-electron chi connectivity index (χ0n) is 13.1. The fourth-order valence-electron chi connectivity index (χ4n) is 3.19. The van der Waals surface area contributed by atoms with Crippen molar-refractivity contribution < 1.29 is 4.79 Å². The quantitative estimate of drug-likeness (QED) is 0.850. The third-order valence-corrected chi connectivity index (χ3v) is 4.34. The highest BCUT2D eigenvalue weighted by atomic mass is 16.2. The maximum absolute atomic E-state index is 13.0. The zero-order valence-corrected chi connectivity index (χ0v) is 13.1. The molecule has 2 aromatic rings. The minimum Gasteiger partial charge on any atom is -0.337 e. The number of rotatable bonds is 2. The summed E-state index contributed by atoms with van der Waals surface area (Å²) in [5.74, 6) is 0.726. The summed E-state index contributed by atoms with van der Waals surface area (Å²) in [6, 6.07) is 4.07. The lowest BCUT2D eigenvalue weighted by Crippen LogP contribution is -2.40. The first-order chi connectivity index (χ1) is 10.1. The van der Waals surface area contributed by atoms with Crippen LogP contribution in [0.3, 0.4) is 0 Å². The zero-order chi connectivity index (χ0) is 15.0. The number of imidazole rings is 1. The Morgan fingerprint density at radius 2 is 2.29 bits per heavy atom. The predicted molar refractivity (Wildman–Crippen MR) is 83.6 cm³/mol. The lowest BCUT2D eigenvalue weighted by molar-refractivity contribution is 0.0675. The van der Waals surface area contributed by atoms with E-state index in [0.717, 1.165) is 43.0 Å². The van der Waals surface area contributed by atoms with Crippen LogP contribution in [0.5, 0.6) is 0 Å². The fraction of sp³-hybridized carbons (Fsp3) is 0.529. The van der Waals surface area contributed by atoms with E-state index in [1.165, 1.54) is 12.0 Å². The molecule has 3 rings (SSSR count). The van der Waals surface area contributed by atoms with Crippen molar-refractivity contribution in [1.82, 2.24) is 14.3 Å². The van der Waals surface area contributed by atoms with Gasteiger partial charge >= 0.3 is 0 Å². The minimum atomic E-state index is 0.134. The molecule has 1 atom stereocenters. The van der Waals surface area contributed by atoms with Crippen molar-refractivity contribution in [2.75, 3.05) is 13.1 Å². The molecule has 1 amide bonds. The summed E-state index contributed by atoms with van der Waals surface area (Å²) in [6.07, 6.45) is 5.07. The second-order valence-corrected chi connectivity index (χ2v) is 6.19. The van der Waals surface area contributed by atoms with Crippen molar-refractivity contribution in [2.24, 2.45) is 5.92 Å². The first-order valence-electron chi connectivity index (χ1n) is 7.87. The van der Waals surface area contributed by atoms with Gasteiger partial charge in [0.2, 0.25) is 0 Å². The molecule has 4 nitrogen and oxygen atoms in total. The molecular weight excluding hydrogens is 262 g/mol. The summed E-state index contributed by atoms with van der Waals surface area (Å²) < 4.78 is 1.95. The maximum Gasteiger partial charge on any atom is 0.272 e. The van der Waals surface area contributed by atoms with Gasteiger partial charge in [-0.2, -0.15) is 0 Å². The molecule has 0 radical (unpaired) electrons. The minimum absolute atomic E-state index is 0.134. The summed E-state index contributed by atoms with van der Waals surface area (Å²) >= 11 is 0. The normalized spacial score (nSPS) is 19.2. The van der Waals surface area contributed by atoms with Crippen LogP contribution < -0.4 is 0 Å². The Bertz CT molecular complexity index is 674. The van der Waals surface area contributed by atoms with Crippen molar-refractivity contribution in [3.05, 3.63) is 35.3 Å². The first kappa shape index (κ1) is 14.1. The molecule has 0 N–H and O–H groups in total. The van der Waals surface area contributed by atoms with Crippen LogP contribution in [0, 0.1) is 12.8 Å². The molecule has 0 aromatic carbocycles. The number of pyridine rings is 1. The summed E-state index contributed by atoms with van der Waals surface area (Å²) in [5, 5.41) is 0. The average Bonchev–Trinajstić information content (AvgIpc) is 2.83. The molecular formula is C17H23N3O. The van der Waals surface area contributed by atoms with Gasteiger partial charge in [0.25, 0.3) is 5.91 Å². The summed E-state index contributed by atoms with van der Waals surface area (Å²) in [5.41, 5.74) is 3.70. The number of amides is 1. The number of hydrogen-bond donors (Lipinski definition) is 0. The van der Waals surface area contributed by atoms with E-state index in [1.54, 1.807) is 0 Å². The standard InChI is InChI=1S/C17H23N3O/c1-4-14-16(17(21)19-8-5-6-13(3)11-19)20-9-7-12(2)10-15(20)18-14/h7,9-10,13H,4-6,8,11H2,1-3H3. The van der Waals surface area contributed by atoms with Gasteiger partial charge in [0, 0.05) is 19.3 Å². The molecule has 1 saturated heterocycles. The number of nitrogens with zero attached hydrogens (tertiary/aromatic N) is 3. The van der Waals surface area contributed by atoms with Gasteiger partial charge in [-0.15, -0.1) is 0 Å². The number of carbonyl (C=O) groups is 1. The Morgan fingerprint density at radius 1 is 1.48 bits per heavy atom. The van der Waals surface area contributed by atoms with Crippen molar-refractivity contribution in [3.63, 3.8) is 0 Å². The van der Waals surface area contributed by atoms with Gasteiger partial charge in [0.1, 0.15) is 11.3 Å². The molecule has 3 heterocycles. The molecule has 112 valence electrons. The summed E-state index contributed by atoms with van der Waals surface area (Å²) in [7, 11) is 0. The van der Waals surface area contributed by atoms with Crippen LogP contribution in [-0.2, 0) is 6.42 Å². The summed E-state index contributed by atoms with van der Waals surface area (Å²) in [4.78, 5) is 19.6. The van der Waals surface area contributed by atoms with Crippen LogP contribution in [0.1, 0.15) is 48.4 Å². The monoisotopic (exact) mass is 285 g/mol. The lowest BCUT2D eigenvalue weighted by Gasteiger charge is -2.31. The summed E-state index contributed by atoms with van der Waals surface area (Å²) in [6.45, 7) is 8.06. The molecule has 2 aromatic heterocycles. The van der Waals surface area contributed by atoms with E-state index in [4.69, 9.17) is 0 Å². The first-order valence-corrected chi connectivity index (χ1v) is 7.87. The second kappa shape index (κ2) is 5.51. The van der Waals surface area contributed by atoms with E-state index in [2.05, 4.69) is 18.8 Å². The predicted octanol–water partition coefficient (Wildman–Crippen LogP) is 3.08. The van der Waals surface area contributed by atoms with Crippen LogP contribution in [-0.4, -0.2) is 33.3 Å². The highest BCUT2D eigenvalue weighted by Gasteiger charge is 2.26. The van der Waals surface area contributed by atoms with Crippen LogP contribution in [0.4, 0.5) is 0 Å². The third-order valence-electron chi connectivity index (χ3n) is 4.34. The van der Waals surface area contributed by atoms with Gasteiger partial charge < -0.3 is 4.90 Å². The smallest absolute Gasteiger partial charge is 0.272 e. The number of hydrogen-bond acceptors (Lipinski definition) is 2. The second-order valence-electron chi connectivity index (χ2n) is 6.19. The van der Waals surface area contributed by atoms with Crippen LogP contribution in [0.2, 0.25) is 0 Å². The Morgan fingerprint density at radius 3 is 3.00 bits per heavy atom. The number of likely N-dealkylation sites (tertiary alicyclic amines) is 1. The Hall–Kier alpha value is -1.84. The van der Waals surface area contributed by atoms with E-state index in [0.29, 0.717) is 5.92 Å². The van der Waals surface area contributed by atoms with E-state index in [-0.39, 0.29) is 5.91 Å². The molecule has 21 heavy (non-hydrogen) atoms. The van der Waals surface area contributed by atoms with Gasteiger partial charge in [-0.1, -0.05) is 13.8 Å². The molecule has 1 aliphatic heterocycles. The number of piperidine rings is 1. The highest BCUT2D eigenvalue weighted by Crippen LogP contribution is 2.21. The van der Waals surface area contributed by atoms with E-state index in [9.17, 15) is 4.79 Å². The highest BCUT2D eigenvalue weighted by molar-refractivity contribution is 5.94. The Kier molecular flexibility index (Phi) is 3.70. The largest absolute Gasteiger partial charge is 0.337 e. The van der Waals surface area contributed by atoms with E-state index in [1.807, 2.05) is 34.6 Å². The lowest BCUT2D eigenvalue weighted by atomic mass is 10.00.